The summed E-state index contributed by atoms with van der Waals surface area (Å²) in [6, 6.07) is 0. The molecule has 3 N–H and O–H groups in total. The smallest absolute Gasteiger partial charge is 0.460 e. The van der Waals surface area contributed by atoms with Crippen molar-refractivity contribution < 1.29 is 157 Å². The van der Waals surface area contributed by atoms with Gasteiger partial charge in [-0.3, -0.25) is 25.0 Å². The number of terminal acetylenes is 4. The van der Waals surface area contributed by atoms with Gasteiger partial charge < -0.3 is 33.7 Å². The van der Waals surface area contributed by atoms with Gasteiger partial charge >= 0.3 is 83.5 Å². The second-order valence-electron chi connectivity index (χ2n) is 19.7. The predicted octanol–water partition coefficient (Wildman–Crippen LogP) is 10.1. The fraction of sp³-hybridized carbons (Fsp3) is 0.776. The zero-order chi connectivity index (χ0) is 69.9. The number of halogens is 26. The Bertz CT molecular complexity index is 2350. The topological polar surface area (TPSA) is 143 Å². The molecular weight excluding hydrogens is 1330 g/mol. The molecule has 0 rings (SSSR count). The lowest BCUT2D eigenvalue weighted by Crippen LogP contribution is -2.70. The van der Waals surface area contributed by atoms with E-state index in [4.69, 9.17) is 54.1 Å². The lowest BCUT2D eigenvalue weighted by atomic mass is 9.93. The Morgan fingerprint density at radius 2 is 0.730 bits per heavy atom. The molecule has 514 valence electrons. The maximum Gasteiger partial charge on any atom is 0.460 e. The Morgan fingerprint density at radius 3 is 1.03 bits per heavy atom. The molecule has 1 unspecified atom stereocenters. The number of carbonyl (C=O) groups excluding carboxylic acids is 3. The van der Waals surface area contributed by atoms with Crippen molar-refractivity contribution in [3.05, 3.63) is 0 Å². The number of amides is 1. The molecule has 0 bridgehead atoms. The summed E-state index contributed by atoms with van der Waals surface area (Å²) in [6.45, 7) is -1.38. The second kappa shape index (κ2) is 32.7. The highest BCUT2D eigenvalue weighted by molar-refractivity contribution is 8.03. The number of ether oxygens (including phenoxy) is 6. The van der Waals surface area contributed by atoms with Gasteiger partial charge in [-0.05, 0) is 38.7 Å². The lowest BCUT2D eigenvalue weighted by Gasteiger charge is -2.39. The number of nitrogens with one attached hydrogen (secondary N) is 3. The molecule has 12 nitrogen and oxygen atoms in total. The Balaban J connectivity index is 7.18. The third kappa shape index (κ3) is 22.0. The van der Waals surface area contributed by atoms with E-state index in [9.17, 15) is 129 Å². The van der Waals surface area contributed by atoms with Gasteiger partial charge in [0.05, 0.1) is 50.6 Å². The number of alkyl halides is 26. The minimum absolute atomic E-state index is 0.229. The summed E-state index contributed by atoms with van der Waals surface area (Å²) < 4.78 is 389. The molecule has 40 heteroatoms. The van der Waals surface area contributed by atoms with Crippen molar-refractivity contribution in [1.82, 2.24) is 16.0 Å². The van der Waals surface area contributed by atoms with Crippen LogP contribution in [0.4, 0.5) is 114 Å². The van der Waals surface area contributed by atoms with Gasteiger partial charge in [0.25, 0.3) is 0 Å². The summed E-state index contributed by atoms with van der Waals surface area (Å²) in [4.78, 5) is 39.8. The Hall–Kier alpha value is -4.71. The van der Waals surface area contributed by atoms with Crippen LogP contribution in [0.15, 0.2) is 0 Å². The first-order valence-electron chi connectivity index (χ1n) is 24.4. The van der Waals surface area contributed by atoms with Crippen molar-refractivity contribution in [1.29, 1.82) is 0 Å². The van der Waals surface area contributed by atoms with Crippen LogP contribution < -0.4 is 16.0 Å². The first kappa shape index (κ1) is 84.3. The number of esters is 2. The van der Waals surface area contributed by atoms with E-state index in [0.29, 0.717) is 0 Å². The van der Waals surface area contributed by atoms with Crippen molar-refractivity contribution in [3.63, 3.8) is 0 Å². The molecule has 89 heavy (non-hydrogen) atoms. The summed E-state index contributed by atoms with van der Waals surface area (Å²) in [5.41, 5.74) is -4.63. The summed E-state index contributed by atoms with van der Waals surface area (Å²) in [5.74, 6) is -78.5. The fourth-order valence-corrected chi connectivity index (χ4v) is 9.15. The van der Waals surface area contributed by atoms with Gasteiger partial charge in [-0.1, -0.05) is 23.7 Å². The summed E-state index contributed by atoms with van der Waals surface area (Å²) >= 11 is -0.685. The Kier molecular flexibility index (Phi) is 31.0. The van der Waals surface area contributed by atoms with Gasteiger partial charge in [0.1, 0.15) is 45.2 Å². The van der Waals surface area contributed by atoms with Crippen molar-refractivity contribution in [2.24, 2.45) is 0 Å². The van der Waals surface area contributed by atoms with Gasteiger partial charge in [0.15, 0.2) is 0 Å². The highest BCUT2D eigenvalue weighted by Gasteiger charge is 2.92. The van der Waals surface area contributed by atoms with Gasteiger partial charge in [-0.15, -0.1) is 25.7 Å². The normalized spacial score (nSPS) is 14.5. The maximum absolute atomic E-state index is 14.8. The van der Waals surface area contributed by atoms with Crippen LogP contribution in [0.25, 0.3) is 0 Å². The van der Waals surface area contributed by atoms with E-state index < -0.39 is 181 Å². The molecule has 1 atom stereocenters. The van der Waals surface area contributed by atoms with Crippen molar-refractivity contribution >= 4 is 41.4 Å². The first-order valence-corrected chi connectivity index (χ1v) is 26.6. The summed E-state index contributed by atoms with van der Waals surface area (Å²) in [6.07, 6.45) is -2.88. The van der Waals surface area contributed by atoms with Crippen LogP contribution in [-0.4, -0.2) is 208 Å². The number of hydrogen-bond donors (Lipinski definition) is 3. The van der Waals surface area contributed by atoms with Crippen molar-refractivity contribution in [3.8, 4) is 49.4 Å². The zero-order valence-electron chi connectivity index (χ0n) is 46.1. The molecule has 0 aromatic rings. The molecule has 0 aromatic heterocycles. The minimum atomic E-state index is -8.34. The van der Waals surface area contributed by atoms with E-state index in [-0.39, 0.29) is 76.4 Å². The first-order chi connectivity index (χ1) is 40.1. The largest absolute Gasteiger partial charge is 0.462 e. The van der Waals surface area contributed by atoms with Crippen molar-refractivity contribution in [2.75, 3.05) is 96.4 Å². The molecule has 0 saturated carbocycles. The van der Waals surface area contributed by atoms with Gasteiger partial charge in [0, 0.05) is 30.3 Å². The van der Waals surface area contributed by atoms with Crippen molar-refractivity contribution in [2.45, 2.75) is 140 Å². The Labute approximate surface area is 499 Å². The average molecular weight is 1390 g/mol. The highest BCUT2D eigenvalue weighted by atomic mass is 32.2. The summed E-state index contributed by atoms with van der Waals surface area (Å²) in [7, 11) is 0. The van der Waals surface area contributed by atoms with Crippen LogP contribution in [-0.2, 0) is 42.8 Å². The molecule has 0 aliphatic carbocycles. The lowest BCUT2D eigenvalue weighted by molar-refractivity contribution is -0.439. The van der Waals surface area contributed by atoms with E-state index in [0.717, 1.165) is 6.92 Å². The summed E-state index contributed by atoms with van der Waals surface area (Å²) in [5, 5.41) is 5.70. The van der Waals surface area contributed by atoms with Crippen LogP contribution in [0.3, 0.4) is 0 Å². The monoisotopic (exact) mass is 1390 g/mol. The number of thioether (sulfide) groups is 2. The molecule has 0 radical (unpaired) electrons. The second-order valence-corrected chi connectivity index (χ2v) is 22.2. The fourth-order valence-electron chi connectivity index (χ4n) is 6.49. The SMILES string of the molecule is C#CCOCC(C)(COCC#C)NCC(=O)OCC(C)(COC(=O)CNC(C)(COCC#C)COCC#C)NC(=O)CCC(CSCCC(F)(F)C(F)(F)C(F)(F)C(F)(F)C(F)(F)C(F)(F)F)SCCC(F)(F)C(F)(F)C(F)(F)C(F)(F)C(F)(F)C(F)(F)F. The quantitative estimate of drug-likeness (QED) is 0.0231. The minimum Gasteiger partial charge on any atom is -0.462 e. The average Bonchev–Trinajstić information content (AvgIpc) is 0.735. The molecule has 0 aliphatic rings. The molecule has 0 heterocycles. The van der Waals surface area contributed by atoms with E-state index in [1.165, 1.54) is 13.8 Å². The van der Waals surface area contributed by atoms with Gasteiger partial charge in [-0.2, -0.15) is 138 Å². The van der Waals surface area contributed by atoms with E-state index in [1.807, 2.05) is 0 Å². The maximum atomic E-state index is 14.8. The number of carbonyl (C=O) groups is 3. The van der Waals surface area contributed by atoms with Gasteiger partial charge in [-0.25, -0.2) is 0 Å². The predicted molar refractivity (Wildman–Crippen MR) is 264 cm³/mol. The van der Waals surface area contributed by atoms with Gasteiger partial charge in [0.2, 0.25) is 5.91 Å². The molecular formula is C49H55F26N3O9S2. The molecule has 0 aliphatic heterocycles. The Morgan fingerprint density at radius 1 is 0.427 bits per heavy atom. The van der Waals surface area contributed by atoms with Crippen LogP contribution in [0.5, 0.6) is 0 Å². The standard InChI is InChI=1S/C49H55F26N3O9S2/c1-8-16-82-25-35(5,26-83-17-9-2)76-22-33(80)86-29-37(7,30-87-34(81)23-77-36(6,27-84-18-10-3)28-85-19-11-4)78-32(79)13-12-31(89-21-15-39(52,53)41(56,57)43(60,61)45(64,65)47(68,69)49(73,74)75)24-88-20-14-38(50,51)40(54,55)42(58,59)44(62,63)46(66,67)48(70,71)72/h1-4,31,76-77H,12-30H2,5-7H3,(H,78,79). The highest BCUT2D eigenvalue weighted by Crippen LogP contribution is 2.62. The van der Waals surface area contributed by atoms with Crippen LogP contribution in [0.1, 0.15) is 46.5 Å². The zero-order valence-corrected chi connectivity index (χ0v) is 47.8. The van der Waals surface area contributed by atoms with Crippen LogP contribution in [0.2, 0.25) is 0 Å². The number of hydrogen-bond acceptors (Lipinski definition) is 13. The number of rotatable bonds is 43. The molecule has 0 saturated heterocycles. The molecule has 0 spiro atoms. The van der Waals surface area contributed by atoms with Crippen LogP contribution in [0, 0.1) is 49.4 Å². The molecule has 0 aromatic carbocycles. The van der Waals surface area contributed by atoms with Crippen LogP contribution >= 0.6 is 23.5 Å². The van der Waals surface area contributed by atoms with E-state index >= 15 is 0 Å². The third-order valence-corrected chi connectivity index (χ3v) is 14.3. The molecule has 0 fully saturated rings. The van der Waals surface area contributed by atoms with E-state index in [2.05, 4.69) is 39.6 Å². The van der Waals surface area contributed by atoms with E-state index in [1.54, 1.807) is 0 Å². The molecule has 1 amide bonds. The third-order valence-electron chi connectivity index (χ3n) is 11.6.